The first-order chi connectivity index (χ1) is 11.0. The molecule has 118 valence electrons. The van der Waals surface area contributed by atoms with Crippen molar-refractivity contribution < 1.29 is 9.21 Å². The molecule has 23 heavy (non-hydrogen) atoms. The fraction of sp³-hybridized carbons (Fsp3) is 0.211. The Morgan fingerprint density at radius 2 is 1.83 bits per heavy atom. The average molecular weight is 372 g/mol. The van der Waals surface area contributed by atoms with Crippen LogP contribution in [0.1, 0.15) is 22.3 Å². The van der Waals surface area contributed by atoms with E-state index in [0.29, 0.717) is 6.42 Å². The van der Waals surface area contributed by atoms with Crippen LogP contribution >= 0.6 is 15.9 Å². The van der Waals surface area contributed by atoms with Crippen LogP contribution in [0.15, 0.2) is 45.5 Å². The van der Waals surface area contributed by atoms with Gasteiger partial charge in [-0.15, -0.1) is 0 Å². The van der Waals surface area contributed by atoms with E-state index in [9.17, 15) is 4.79 Å². The Balaban J connectivity index is 1.85. The summed E-state index contributed by atoms with van der Waals surface area (Å²) in [7, 11) is 0. The molecule has 0 saturated carbocycles. The molecule has 0 radical (unpaired) electrons. The predicted molar refractivity (Wildman–Crippen MR) is 96.9 cm³/mol. The minimum absolute atomic E-state index is 0.0485. The molecule has 2 aromatic carbocycles. The van der Waals surface area contributed by atoms with Crippen molar-refractivity contribution in [2.75, 3.05) is 5.32 Å². The zero-order valence-corrected chi connectivity index (χ0v) is 15.0. The number of anilines is 1. The van der Waals surface area contributed by atoms with Crippen molar-refractivity contribution in [1.29, 1.82) is 0 Å². The van der Waals surface area contributed by atoms with Crippen molar-refractivity contribution in [2.45, 2.75) is 27.2 Å². The van der Waals surface area contributed by atoms with E-state index >= 15 is 0 Å². The highest BCUT2D eigenvalue weighted by atomic mass is 79.9. The number of nitrogens with one attached hydrogen (secondary N) is 1. The summed E-state index contributed by atoms with van der Waals surface area (Å²) in [5, 5.41) is 3.97. The lowest BCUT2D eigenvalue weighted by Gasteiger charge is -2.07. The van der Waals surface area contributed by atoms with Gasteiger partial charge < -0.3 is 9.73 Å². The topological polar surface area (TPSA) is 42.2 Å². The van der Waals surface area contributed by atoms with Crippen LogP contribution in [-0.4, -0.2) is 5.91 Å². The maximum absolute atomic E-state index is 12.3. The number of carbonyl (C=O) groups excluding carboxylic acids is 1. The van der Waals surface area contributed by atoms with Gasteiger partial charge >= 0.3 is 0 Å². The maximum atomic E-state index is 12.3. The summed E-state index contributed by atoms with van der Waals surface area (Å²) < 4.78 is 6.71. The van der Waals surface area contributed by atoms with E-state index in [-0.39, 0.29) is 5.91 Å². The van der Waals surface area contributed by atoms with E-state index in [0.717, 1.165) is 37.8 Å². The van der Waals surface area contributed by atoms with Crippen molar-refractivity contribution >= 4 is 38.5 Å². The molecule has 1 N–H and O–H groups in total. The first-order valence-corrected chi connectivity index (χ1v) is 8.27. The van der Waals surface area contributed by atoms with Gasteiger partial charge in [0.2, 0.25) is 5.91 Å². The Hall–Kier alpha value is -2.07. The van der Waals surface area contributed by atoms with E-state index < -0.39 is 0 Å². The van der Waals surface area contributed by atoms with Gasteiger partial charge in [-0.25, -0.2) is 0 Å². The molecule has 1 heterocycles. The Kier molecular flexibility index (Phi) is 4.26. The molecule has 0 unspecified atom stereocenters. The van der Waals surface area contributed by atoms with Crippen molar-refractivity contribution in [3.8, 4) is 0 Å². The van der Waals surface area contributed by atoms with Gasteiger partial charge in [-0.05, 0) is 61.7 Å². The van der Waals surface area contributed by atoms with Gasteiger partial charge in [0, 0.05) is 21.1 Å². The number of aryl methyl sites for hydroxylation is 3. The van der Waals surface area contributed by atoms with Gasteiger partial charge in [-0.1, -0.05) is 22.0 Å². The van der Waals surface area contributed by atoms with E-state index in [4.69, 9.17) is 4.42 Å². The van der Waals surface area contributed by atoms with E-state index in [2.05, 4.69) is 41.2 Å². The number of hydrogen-bond acceptors (Lipinski definition) is 2. The van der Waals surface area contributed by atoms with Crippen LogP contribution in [0.3, 0.4) is 0 Å². The van der Waals surface area contributed by atoms with Gasteiger partial charge in [-0.2, -0.15) is 0 Å². The molecule has 0 atom stereocenters. The molecule has 0 bridgehead atoms. The van der Waals surface area contributed by atoms with E-state index in [1.54, 1.807) is 6.26 Å². The summed E-state index contributed by atoms with van der Waals surface area (Å²) in [4.78, 5) is 12.3. The lowest BCUT2D eigenvalue weighted by atomic mass is 9.99. The van der Waals surface area contributed by atoms with Crippen molar-refractivity contribution in [3.05, 3.63) is 63.3 Å². The number of furan rings is 1. The molecule has 0 aliphatic carbocycles. The Bertz CT molecular complexity index is 879. The zero-order chi connectivity index (χ0) is 16.6. The van der Waals surface area contributed by atoms with Crippen LogP contribution in [0.4, 0.5) is 5.69 Å². The number of amides is 1. The lowest BCUT2D eigenvalue weighted by Crippen LogP contribution is -2.14. The summed E-state index contributed by atoms with van der Waals surface area (Å²) in [6.07, 6.45) is 2.00. The van der Waals surface area contributed by atoms with Gasteiger partial charge in [0.25, 0.3) is 0 Å². The Morgan fingerprint density at radius 1 is 1.13 bits per heavy atom. The first-order valence-electron chi connectivity index (χ1n) is 7.48. The average Bonchev–Trinajstić information content (AvgIpc) is 2.91. The third-order valence-corrected chi connectivity index (χ3v) is 4.63. The summed E-state index contributed by atoms with van der Waals surface area (Å²) in [6, 6.07) is 9.68. The second-order valence-electron chi connectivity index (χ2n) is 5.83. The normalized spacial score (nSPS) is 11.0. The van der Waals surface area contributed by atoms with Crippen LogP contribution in [0.2, 0.25) is 0 Å². The summed E-state index contributed by atoms with van der Waals surface area (Å²) in [6.45, 7) is 6.18. The molecule has 3 aromatic rings. The van der Waals surface area contributed by atoms with Crippen LogP contribution in [0.5, 0.6) is 0 Å². The third-order valence-electron chi connectivity index (χ3n) is 4.11. The van der Waals surface area contributed by atoms with E-state index in [1.165, 1.54) is 5.56 Å². The zero-order valence-electron chi connectivity index (χ0n) is 13.4. The Morgan fingerprint density at radius 3 is 2.52 bits per heavy atom. The number of benzene rings is 2. The maximum Gasteiger partial charge on any atom is 0.228 e. The van der Waals surface area contributed by atoms with Crippen LogP contribution in [-0.2, 0) is 11.2 Å². The Labute approximate surface area is 143 Å². The molecule has 4 heteroatoms. The number of halogens is 1. The molecule has 0 spiro atoms. The minimum Gasteiger partial charge on any atom is -0.464 e. The molecule has 3 rings (SSSR count). The van der Waals surface area contributed by atoms with Gasteiger partial charge in [0.15, 0.2) is 0 Å². The SMILES string of the molecule is Cc1cc(C)c2c(CC(=O)Nc3ccc(Br)cc3)coc2c1C. The smallest absolute Gasteiger partial charge is 0.228 e. The van der Waals surface area contributed by atoms with Gasteiger partial charge in [0.05, 0.1) is 12.7 Å². The second kappa shape index (κ2) is 6.20. The molecule has 0 aliphatic rings. The van der Waals surface area contributed by atoms with Gasteiger partial charge in [0.1, 0.15) is 5.58 Å². The quantitative estimate of drug-likeness (QED) is 0.678. The third kappa shape index (κ3) is 3.17. The highest BCUT2D eigenvalue weighted by Gasteiger charge is 2.15. The van der Waals surface area contributed by atoms with Crippen molar-refractivity contribution in [2.24, 2.45) is 0 Å². The molecular formula is C19H18BrNO2. The summed E-state index contributed by atoms with van der Waals surface area (Å²) >= 11 is 3.38. The molecule has 1 aromatic heterocycles. The first kappa shape index (κ1) is 15.8. The van der Waals surface area contributed by atoms with Crippen molar-refractivity contribution in [1.82, 2.24) is 0 Å². The molecular weight excluding hydrogens is 354 g/mol. The standard InChI is InChI=1S/C19H18BrNO2/c1-11-8-12(2)18-14(10-23-19(18)13(11)3)9-17(22)21-16-6-4-15(20)5-7-16/h4-8,10H,9H2,1-3H3,(H,21,22). The molecule has 1 amide bonds. The number of hydrogen-bond donors (Lipinski definition) is 1. The highest BCUT2D eigenvalue weighted by molar-refractivity contribution is 9.10. The molecule has 3 nitrogen and oxygen atoms in total. The fourth-order valence-electron chi connectivity index (χ4n) is 2.83. The second-order valence-corrected chi connectivity index (χ2v) is 6.75. The molecule has 0 fully saturated rings. The fourth-order valence-corrected chi connectivity index (χ4v) is 3.09. The summed E-state index contributed by atoms with van der Waals surface area (Å²) in [5.74, 6) is -0.0485. The van der Waals surface area contributed by atoms with Crippen LogP contribution in [0.25, 0.3) is 11.0 Å². The monoisotopic (exact) mass is 371 g/mol. The molecule has 0 aliphatic heterocycles. The number of fused-ring (bicyclic) bond motifs is 1. The predicted octanol–water partition coefficient (Wildman–Crippen LogP) is 5.30. The largest absolute Gasteiger partial charge is 0.464 e. The van der Waals surface area contributed by atoms with Crippen LogP contribution < -0.4 is 5.32 Å². The van der Waals surface area contributed by atoms with E-state index in [1.807, 2.05) is 31.2 Å². The lowest BCUT2D eigenvalue weighted by molar-refractivity contribution is -0.115. The van der Waals surface area contributed by atoms with Crippen LogP contribution in [0, 0.1) is 20.8 Å². The minimum atomic E-state index is -0.0485. The highest BCUT2D eigenvalue weighted by Crippen LogP contribution is 2.30. The van der Waals surface area contributed by atoms with Gasteiger partial charge in [-0.3, -0.25) is 4.79 Å². The number of carbonyl (C=O) groups is 1. The number of rotatable bonds is 3. The summed E-state index contributed by atoms with van der Waals surface area (Å²) in [5.41, 5.74) is 6.07. The molecule has 0 saturated heterocycles. The van der Waals surface area contributed by atoms with Crippen molar-refractivity contribution in [3.63, 3.8) is 0 Å².